The molecule has 17 heavy (non-hydrogen) atoms. The number of hydrogen-bond donors (Lipinski definition) is 2. The maximum absolute atomic E-state index is 13.3. The molecule has 1 aromatic carbocycles. The second kappa shape index (κ2) is 7.65. The quantitative estimate of drug-likeness (QED) is 0.606. The third-order valence-electron chi connectivity index (χ3n) is 2.41. The summed E-state index contributed by atoms with van der Waals surface area (Å²) in [5.41, 5.74) is 0.728. The molecule has 0 aromatic heterocycles. The van der Waals surface area contributed by atoms with Crippen molar-refractivity contribution in [1.82, 2.24) is 10.6 Å². The molecule has 3 nitrogen and oxygen atoms in total. The monoisotopic (exact) mass is 237 g/mol. The summed E-state index contributed by atoms with van der Waals surface area (Å²) in [6.07, 6.45) is 1.70. The van der Waals surface area contributed by atoms with Crippen LogP contribution >= 0.6 is 0 Å². The van der Waals surface area contributed by atoms with Gasteiger partial charge in [0.15, 0.2) is 5.96 Å². The van der Waals surface area contributed by atoms with E-state index in [4.69, 9.17) is 0 Å². The molecule has 94 valence electrons. The summed E-state index contributed by atoms with van der Waals surface area (Å²) in [6.45, 7) is 3.66. The number of aliphatic imine (C=N–C) groups is 1. The molecule has 0 aliphatic rings. The van der Waals surface area contributed by atoms with Crippen molar-refractivity contribution in [2.45, 2.75) is 19.8 Å². The van der Waals surface area contributed by atoms with E-state index in [1.165, 1.54) is 6.07 Å². The lowest BCUT2D eigenvalue weighted by Crippen LogP contribution is -2.38. The summed E-state index contributed by atoms with van der Waals surface area (Å²) in [7, 11) is 1.73. The Bertz CT molecular complexity index is 363. The fraction of sp³-hybridized carbons (Fsp3) is 0.462. The van der Waals surface area contributed by atoms with E-state index in [1.807, 2.05) is 6.07 Å². The van der Waals surface area contributed by atoms with E-state index in [1.54, 1.807) is 19.2 Å². The number of guanidine groups is 1. The van der Waals surface area contributed by atoms with Crippen LogP contribution in [0.15, 0.2) is 29.3 Å². The Labute approximate surface area is 102 Å². The molecule has 2 N–H and O–H groups in total. The Morgan fingerprint density at radius 2 is 1.94 bits per heavy atom. The number of halogens is 1. The van der Waals surface area contributed by atoms with E-state index >= 15 is 0 Å². The fourth-order valence-corrected chi connectivity index (χ4v) is 1.48. The van der Waals surface area contributed by atoms with Crippen molar-refractivity contribution >= 4 is 5.96 Å². The highest BCUT2D eigenvalue weighted by atomic mass is 19.1. The van der Waals surface area contributed by atoms with Gasteiger partial charge in [0.2, 0.25) is 0 Å². The topological polar surface area (TPSA) is 36.4 Å². The molecule has 0 amide bonds. The summed E-state index contributed by atoms with van der Waals surface area (Å²) < 4.78 is 13.3. The van der Waals surface area contributed by atoms with Crippen LogP contribution in [-0.4, -0.2) is 26.1 Å². The van der Waals surface area contributed by atoms with Gasteiger partial charge in [-0.05, 0) is 24.5 Å². The molecule has 0 saturated heterocycles. The molecule has 1 rings (SSSR count). The highest BCUT2D eigenvalue weighted by Gasteiger charge is 2.01. The average Bonchev–Trinajstić information content (AvgIpc) is 2.35. The van der Waals surface area contributed by atoms with Crippen LogP contribution in [0.3, 0.4) is 0 Å². The molecular formula is C13H20FN3. The third-order valence-corrected chi connectivity index (χ3v) is 2.41. The van der Waals surface area contributed by atoms with Crippen LogP contribution in [0.1, 0.15) is 18.9 Å². The highest BCUT2D eigenvalue weighted by molar-refractivity contribution is 5.79. The minimum Gasteiger partial charge on any atom is -0.356 e. The Hall–Kier alpha value is -1.58. The van der Waals surface area contributed by atoms with Gasteiger partial charge in [0.1, 0.15) is 5.82 Å². The van der Waals surface area contributed by atoms with E-state index in [0.717, 1.165) is 24.5 Å². The number of benzene rings is 1. The number of rotatable bonds is 5. The molecule has 0 saturated carbocycles. The lowest BCUT2D eigenvalue weighted by atomic mass is 10.1. The first-order valence-corrected chi connectivity index (χ1v) is 5.95. The van der Waals surface area contributed by atoms with Crippen LogP contribution < -0.4 is 10.6 Å². The second-order valence-electron chi connectivity index (χ2n) is 3.77. The molecule has 0 aliphatic carbocycles. The third kappa shape index (κ3) is 4.85. The molecule has 0 spiro atoms. The van der Waals surface area contributed by atoms with Crippen molar-refractivity contribution in [2.24, 2.45) is 4.99 Å². The van der Waals surface area contributed by atoms with Gasteiger partial charge >= 0.3 is 0 Å². The van der Waals surface area contributed by atoms with Crippen molar-refractivity contribution in [1.29, 1.82) is 0 Å². The predicted octanol–water partition coefficient (Wildman–Crippen LogP) is 1.94. The van der Waals surface area contributed by atoms with Gasteiger partial charge in [0, 0.05) is 20.1 Å². The Morgan fingerprint density at radius 1 is 1.24 bits per heavy atom. The van der Waals surface area contributed by atoms with Crippen LogP contribution in [-0.2, 0) is 6.42 Å². The number of nitrogens with one attached hydrogen (secondary N) is 2. The van der Waals surface area contributed by atoms with E-state index in [9.17, 15) is 4.39 Å². The van der Waals surface area contributed by atoms with Crippen LogP contribution in [0.25, 0.3) is 0 Å². The second-order valence-corrected chi connectivity index (χ2v) is 3.77. The van der Waals surface area contributed by atoms with E-state index in [0.29, 0.717) is 13.0 Å². The normalized spacial score (nSPS) is 11.4. The first-order chi connectivity index (χ1) is 8.27. The molecule has 0 fully saturated rings. The lowest BCUT2D eigenvalue weighted by Gasteiger charge is -2.11. The summed E-state index contributed by atoms with van der Waals surface area (Å²) in [5.74, 6) is 0.619. The van der Waals surface area contributed by atoms with Crippen LogP contribution in [0.2, 0.25) is 0 Å². The van der Waals surface area contributed by atoms with E-state index < -0.39 is 0 Å². The number of nitrogens with zero attached hydrogens (tertiary/aromatic N) is 1. The predicted molar refractivity (Wildman–Crippen MR) is 69.8 cm³/mol. The van der Waals surface area contributed by atoms with Gasteiger partial charge in [0.25, 0.3) is 0 Å². The van der Waals surface area contributed by atoms with Gasteiger partial charge in [-0.25, -0.2) is 4.39 Å². The highest BCUT2D eigenvalue weighted by Crippen LogP contribution is 2.05. The lowest BCUT2D eigenvalue weighted by molar-refractivity contribution is 0.606. The molecule has 0 bridgehead atoms. The first-order valence-electron chi connectivity index (χ1n) is 5.95. The molecule has 0 heterocycles. The van der Waals surface area contributed by atoms with Gasteiger partial charge in [-0.2, -0.15) is 0 Å². The molecule has 4 heteroatoms. The zero-order valence-electron chi connectivity index (χ0n) is 10.5. The molecule has 0 atom stereocenters. The zero-order chi connectivity index (χ0) is 12.5. The van der Waals surface area contributed by atoms with Gasteiger partial charge < -0.3 is 10.6 Å². The standard InChI is InChI=1S/C13H20FN3/c1-3-9-16-13(15-2)17-10-8-11-6-4-5-7-12(11)14/h4-7H,3,8-10H2,1-2H3,(H2,15,16,17). The van der Waals surface area contributed by atoms with Crippen LogP contribution in [0.4, 0.5) is 4.39 Å². The minimum absolute atomic E-state index is 0.147. The minimum atomic E-state index is -0.147. The Balaban J connectivity index is 2.34. The van der Waals surface area contributed by atoms with Crippen molar-refractivity contribution < 1.29 is 4.39 Å². The van der Waals surface area contributed by atoms with E-state index in [-0.39, 0.29) is 5.82 Å². The largest absolute Gasteiger partial charge is 0.356 e. The molecule has 0 radical (unpaired) electrons. The Morgan fingerprint density at radius 3 is 2.59 bits per heavy atom. The molecule has 1 aromatic rings. The average molecular weight is 237 g/mol. The van der Waals surface area contributed by atoms with Gasteiger partial charge in [-0.1, -0.05) is 25.1 Å². The van der Waals surface area contributed by atoms with Crippen molar-refractivity contribution in [3.8, 4) is 0 Å². The first kappa shape index (κ1) is 13.5. The molecule has 0 unspecified atom stereocenters. The SMILES string of the molecule is CCCNC(=NC)NCCc1ccccc1F. The van der Waals surface area contributed by atoms with Gasteiger partial charge in [0.05, 0.1) is 0 Å². The summed E-state index contributed by atoms with van der Waals surface area (Å²) in [6, 6.07) is 6.84. The van der Waals surface area contributed by atoms with Gasteiger partial charge in [-0.15, -0.1) is 0 Å². The summed E-state index contributed by atoms with van der Waals surface area (Å²) >= 11 is 0. The Kier molecular flexibility index (Phi) is 6.07. The maximum Gasteiger partial charge on any atom is 0.190 e. The summed E-state index contributed by atoms with van der Waals surface area (Å²) in [5, 5.41) is 6.32. The number of hydrogen-bond acceptors (Lipinski definition) is 1. The molecule has 0 aliphatic heterocycles. The zero-order valence-corrected chi connectivity index (χ0v) is 10.5. The smallest absolute Gasteiger partial charge is 0.190 e. The molecular weight excluding hydrogens is 217 g/mol. The summed E-state index contributed by atoms with van der Waals surface area (Å²) in [4.78, 5) is 4.08. The van der Waals surface area contributed by atoms with Crippen LogP contribution in [0, 0.1) is 5.82 Å². The van der Waals surface area contributed by atoms with Crippen molar-refractivity contribution in [3.63, 3.8) is 0 Å². The fourth-order valence-electron chi connectivity index (χ4n) is 1.48. The van der Waals surface area contributed by atoms with Crippen molar-refractivity contribution in [2.75, 3.05) is 20.1 Å². The maximum atomic E-state index is 13.3. The van der Waals surface area contributed by atoms with Gasteiger partial charge in [-0.3, -0.25) is 4.99 Å². The van der Waals surface area contributed by atoms with E-state index in [2.05, 4.69) is 22.5 Å². The van der Waals surface area contributed by atoms with Crippen LogP contribution in [0.5, 0.6) is 0 Å². The van der Waals surface area contributed by atoms with Crippen molar-refractivity contribution in [3.05, 3.63) is 35.6 Å².